The third kappa shape index (κ3) is 7.96. The molecule has 0 heterocycles. The lowest BCUT2D eigenvalue weighted by atomic mass is 9.76. The number of amides is 3. The average molecular weight is 580 g/mol. The summed E-state index contributed by atoms with van der Waals surface area (Å²) < 4.78 is 0. The number of primary amides is 1. The number of hydrogen-bond donors (Lipinski definition) is 2. The highest BCUT2D eigenvalue weighted by molar-refractivity contribution is 6.02. The van der Waals surface area contributed by atoms with Gasteiger partial charge in [-0.15, -0.1) is 0 Å². The third-order valence-electron chi connectivity index (χ3n) is 11.2. The Labute approximate surface area is 254 Å². The Kier molecular flexibility index (Phi) is 11.2. The highest BCUT2D eigenvalue weighted by Crippen LogP contribution is 2.39. The first-order valence-electron chi connectivity index (χ1n) is 17.0. The minimum Gasteiger partial charge on any atom is -0.366 e. The van der Waals surface area contributed by atoms with E-state index in [0.717, 1.165) is 77.0 Å². The van der Waals surface area contributed by atoms with Crippen LogP contribution in [-0.4, -0.2) is 34.7 Å². The Balaban J connectivity index is 1.56. The van der Waals surface area contributed by atoms with Gasteiger partial charge in [-0.1, -0.05) is 41.5 Å². The van der Waals surface area contributed by atoms with Gasteiger partial charge in [0, 0.05) is 34.8 Å². The summed E-state index contributed by atoms with van der Waals surface area (Å²) in [5.74, 6) is 3.40. The van der Waals surface area contributed by atoms with Gasteiger partial charge >= 0.3 is 0 Å². The second-order valence-electron chi connectivity index (χ2n) is 14.8. The molecule has 3 saturated carbocycles. The molecular weight excluding hydrogens is 522 g/mol. The van der Waals surface area contributed by atoms with Gasteiger partial charge in [-0.25, -0.2) is 0 Å². The van der Waals surface area contributed by atoms with E-state index in [-0.39, 0.29) is 35.4 Å². The predicted molar refractivity (Wildman–Crippen MR) is 171 cm³/mol. The van der Waals surface area contributed by atoms with Crippen molar-refractivity contribution in [1.82, 2.24) is 4.90 Å². The molecule has 3 aliphatic carbocycles. The Hall–Kier alpha value is -2.37. The molecule has 0 spiro atoms. The van der Waals surface area contributed by atoms with E-state index in [2.05, 4.69) is 51.8 Å². The molecule has 6 nitrogen and oxygen atoms in total. The molecule has 3 N–H and O–H groups in total. The van der Waals surface area contributed by atoms with Crippen LogP contribution in [0.4, 0.5) is 5.69 Å². The monoisotopic (exact) mass is 579 g/mol. The Morgan fingerprint density at radius 2 is 1.05 bits per heavy atom. The van der Waals surface area contributed by atoms with Gasteiger partial charge in [-0.3, -0.25) is 14.4 Å². The summed E-state index contributed by atoms with van der Waals surface area (Å²) in [7, 11) is 0. The molecule has 0 aromatic heterocycles. The molecule has 0 unspecified atom stereocenters. The SMILES string of the molecule is CC(C)[C@H]1CC[C@@H](C(=O)Nc2cc(C(N)=O)cc(C(=O)N([C@H]3CC[C@@H](C(C)C)CC3)[C@H]3CC[C@@H](C(C)C)CC3)c2)CC1. The standard InChI is InChI=1S/C36H57N3O3/c1-22(2)25-7-9-28(10-8-25)35(41)38-31-20-29(34(37)40)19-30(21-31)36(42)39(32-15-11-26(12-16-32)23(3)4)33-17-13-27(14-18-33)24(5)6/h19-28,32-33H,7-18H2,1-6H3,(H2,37,40)(H,38,41)/t25-,26-,27-,28+,32+,33+. The van der Waals surface area contributed by atoms with Crippen molar-refractivity contribution < 1.29 is 14.4 Å². The molecule has 0 bridgehead atoms. The lowest BCUT2D eigenvalue weighted by Crippen LogP contribution is -2.50. The first-order chi connectivity index (χ1) is 19.9. The number of nitrogens with one attached hydrogen (secondary N) is 1. The number of hydrogen-bond acceptors (Lipinski definition) is 3. The van der Waals surface area contributed by atoms with E-state index in [1.807, 2.05) is 0 Å². The molecule has 0 saturated heterocycles. The van der Waals surface area contributed by atoms with Crippen molar-refractivity contribution in [3.63, 3.8) is 0 Å². The molecule has 3 amide bonds. The molecule has 0 aliphatic heterocycles. The first kappa shape index (κ1) is 32.5. The van der Waals surface area contributed by atoms with Gasteiger partial charge in [0.25, 0.3) is 5.91 Å². The van der Waals surface area contributed by atoms with E-state index in [1.54, 1.807) is 18.2 Å². The topological polar surface area (TPSA) is 92.5 Å². The van der Waals surface area contributed by atoms with Gasteiger partial charge in [-0.05, 0) is 131 Å². The van der Waals surface area contributed by atoms with Crippen LogP contribution in [-0.2, 0) is 4.79 Å². The summed E-state index contributed by atoms with van der Waals surface area (Å²) in [6.07, 6.45) is 12.6. The summed E-state index contributed by atoms with van der Waals surface area (Å²) in [5, 5.41) is 3.06. The largest absolute Gasteiger partial charge is 0.366 e. The quantitative estimate of drug-likeness (QED) is 0.310. The van der Waals surface area contributed by atoms with Gasteiger partial charge in [0.1, 0.15) is 0 Å². The number of nitrogens with two attached hydrogens (primary N) is 1. The predicted octanol–water partition coefficient (Wildman–Crippen LogP) is 8.06. The van der Waals surface area contributed by atoms with Crippen LogP contribution >= 0.6 is 0 Å². The number of benzene rings is 1. The average Bonchev–Trinajstić information content (AvgIpc) is 2.97. The molecular formula is C36H57N3O3. The van der Waals surface area contributed by atoms with Crippen molar-refractivity contribution >= 4 is 23.4 Å². The van der Waals surface area contributed by atoms with E-state index in [4.69, 9.17) is 5.73 Å². The van der Waals surface area contributed by atoms with E-state index in [1.165, 1.54) is 0 Å². The molecule has 3 aliphatic rings. The van der Waals surface area contributed by atoms with Crippen molar-refractivity contribution in [2.24, 2.45) is 47.2 Å². The van der Waals surface area contributed by atoms with Crippen molar-refractivity contribution in [1.29, 1.82) is 0 Å². The summed E-state index contributed by atoms with van der Waals surface area (Å²) >= 11 is 0. The van der Waals surface area contributed by atoms with Crippen LogP contribution in [0.3, 0.4) is 0 Å². The third-order valence-corrected chi connectivity index (χ3v) is 11.2. The lowest BCUT2D eigenvalue weighted by Gasteiger charge is -2.45. The smallest absolute Gasteiger partial charge is 0.254 e. The highest BCUT2D eigenvalue weighted by atomic mass is 16.2. The Bertz CT molecular complexity index is 1040. The van der Waals surface area contributed by atoms with Gasteiger partial charge < -0.3 is 16.0 Å². The summed E-state index contributed by atoms with van der Waals surface area (Å²) in [4.78, 5) is 42.3. The summed E-state index contributed by atoms with van der Waals surface area (Å²) in [6.45, 7) is 13.7. The number of nitrogens with zero attached hydrogens (tertiary/aromatic N) is 1. The van der Waals surface area contributed by atoms with Crippen LogP contribution in [0.25, 0.3) is 0 Å². The molecule has 42 heavy (non-hydrogen) atoms. The summed E-state index contributed by atoms with van der Waals surface area (Å²) in [5.41, 5.74) is 6.97. The fourth-order valence-electron chi connectivity index (χ4n) is 8.13. The van der Waals surface area contributed by atoms with Crippen LogP contribution in [0.5, 0.6) is 0 Å². The molecule has 234 valence electrons. The number of rotatable bonds is 9. The zero-order valence-corrected chi connectivity index (χ0v) is 27.2. The Morgan fingerprint density at radius 1 is 0.643 bits per heavy atom. The molecule has 0 atom stereocenters. The normalized spacial score (nSPS) is 28.6. The maximum Gasteiger partial charge on any atom is 0.254 e. The van der Waals surface area contributed by atoms with Crippen molar-refractivity contribution in [3.05, 3.63) is 29.3 Å². The molecule has 3 fully saturated rings. The number of carbonyl (C=O) groups is 3. The number of anilines is 1. The van der Waals surface area contributed by atoms with E-state index in [0.29, 0.717) is 46.8 Å². The molecule has 6 heteroatoms. The lowest BCUT2D eigenvalue weighted by molar-refractivity contribution is -0.121. The maximum absolute atomic E-state index is 14.4. The zero-order chi connectivity index (χ0) is 30.6. The van der Waals surface area contributed by atoms with Crippen molar-refractivity contribution in [2.75, 3.05) is 5.32 Å². The van der Waals surface area contributed by atoms with Crippen molar-refractivity contribution in [3.8, 4) is 0 Å². The first-order valence-corrected chi connectivity index (χ1v) is 17.0. The molecule has 1 aromatic carbocycles. The van der Waals surface area contributed by atoms with Crippen LogP contribution < -0.4 is 11.1 Å². The fraction of sp³-hybridized carbons (Fsp3) is 0.750. The van der Waals surface area contributed by atoms with Crippen LogP contribution in [0.15, 0.2) is 18.2 Å². The molecule has 0 radical (unpaired) electrons. The van der Waals surface area contributed by atoms with E-state index in [9.17, 15) is 14.4 Å². The maximum atomic E-state index is 14.4. The van der Waals surface area contributed by atoms with Gasteiger partial charge in [0.2, 0.25) is 11.8 Å². The highest BCUT2D eigenvalue weighted by Gasteiger charge is 2.37. The van der Waals surface area contributed by atoms with Crippen molar-refractivity contribution in [2.45, 2.75) is 131 Å². The minimum absolute atomic E-state index is 0.0203. The van der Waals surface area contributed by atoms with Gasteiger partial charge in [0.15, 0.2) is 0 Å². The van der Waals surface area contributed by atoms with Gasteiger partial charge in [-0.2, -0.15) is 0 Å². The number of carbonyl (C=O) groups excluding carboxylic acids is 3. The fourth-order valence-corrected chi connectivity index (χ4v) is 8.13. The van der Waals surface area contributed by atoms with E-state index < -0.39 is 5.91 Å². The second kappa shape index (κ2) is 14.4. The summed E-state index contributed by atoms with van der Waals surface area (Å²) in [6, 6.07) is 5.46. The minimum atomic E-state index is -0.584. The molecule has 4 rings (SSSR count). The Morgan fingerprint density at radius 3 is 1.45 bits per heavy atom. The zero-order valence-electron chi connectivity index (χ0n) is 27.2. The van der Waals surface area contributed by atoms with Crippen LogP contribution in [0.1, 0.15) is 139 Å². The van der Waals surface area contributed by atoms with E-state index >= 15 is 0 Å². The molecule has 1 aromatic rings. The van der Waals surface area contributed by atoms with Crippen LogP contribution in [0.2, 0.25) is 0 Å². The second-order valence-corrected chi connectivity index (χ2v) is 14.8. The van der Waals surface area contributed by atoms with Gasteiger partial charge in [0.05, 0.1) is 0 Å². The van der Waals surface area contributed by atoms with Crippen LogP contribution in [0, 0.1) is 41.4 Å².